The summed E-state index contributed by atoms with van der Waals surface area (Å²) >= 11 is 4.73. The van der Waals surface area contributed by atoms with Gasteiger partial charge < -0.3 is 0 Å². The average molecular weight is 604 g/mol. The van der Waals surface area contributed by atoms with Gasteiger partial charge in [0.1, 0.15) is 0 Å². The Labute approximate surface area is 175 Å². The van der Waals surface area contributed by atoms with E-state index in [-0.39, 0.29) is 22.2 Å². The molecule has 4 nitrogen and oxygen atoms in total. The van der Waals surface area contributed by atoms with Crippen LogP contribution in [0.25, 0.3) is 0 Å². The van der Waals surface area contributed by atoms with Crippen LogP contribution in [0.3, 0.4) is 0 Å². The van der Waals surface area contributed by atoms with Crippen LogP contribution < -0.4 is 10.2 Å². The zero-order valence-electron chi connectivity index (χ0n) is 17.6. The molecule has 0 radical (unpaired) electrons. The average Bonchev–Trinajstić information content (AvgIpc) is 2.00. The topological polar surface area (TPSA) is 30.5 Å². The summed E-state index contributed by atoms with van der Waals surface area (Å²) in [7, 11) is 0. The van der Waals surface area contributed by atoms with E-state index in [1.165, 1.54) is 0 Å². The third kappa shape index (κ3) is 5.20. The second kappa shape index (κ2) is 6.96. The maximum atomic E-state index is 4.04. The molecule has 0 unspecified atom stereocenters. The van der Waals surface area contributed by atoms with Crippen molar-refractivity contribution in [1.29, 1.82) is 0 Å². The molecule has 24 heavy (non-hydrogen) atoms. The molecule has 1 heterocycles. The van der Waals surface area contributed by atoms with Crippen molar-refractivity contribution < 1.29 is 0 Å². The Hall–Kier alpha value is 2.28. The molecule has 0 aromatic carbocycles. The minimum atomic E-state index is -1.62. The number of nitrogens with zero attached hydrogens (tertiary/aromatic N) is 2. The van der Waals surface area contributed by atoms with Gasteiger partial charge in [-0.3, -0.25) is 0 Å². The summed E-state index contributed by atoms with van der Waals surface area (Å²) in [6.45, 7) is 27.9. The van der Waals surface area contributed by atoms with Crippen LogP contribution in [0.2, 0.25) is 0 Å². The van der Waals surface area contributed by atoms with Gasteiger partial charge >= 0.3 is 177 Å². The van der Waals surface area contributed by atoms with Gasteiger partial charge in [0, 0.05) is 0 Å². The second-order valence-electron chi connectivity index (χ2n) is 10.7. The Morgan fingerprint density at radius 1 is 0.542 bits per heavy atom. The Morgan fingerprint density at radius 2 is 0.750 bits per heavy atom. The summed E-state index contributed by atoms with van der Waals surface area (Å²) in [4.78, 5) is -3.24. The molecule has 0 aliphatic carbocycles. The molecule has 144 valence electrons. The van der Waals surface area contributed by atoms with Crippen LogP contribution in [0.15, 0.2) is 0 Å². The molecule has 1 aliphatic heterocycles. The summed E-state index contributed by atoms with van der Waals surface area (Å²) in [6.07, 6.45) is 0. The van der Waals surface area contributed by atoms with E-state index >= 15 is 0 Å². The molecule has 0 amide bonds. The number of hydrogen-bond acceptors (Lipinski definition) is 4. The van der Waals surface area contributed by atoms with Gasteiger partial charge in [-0.2, -0.15) is 0 Å². The Bertz CT molecular complexity index is 509. The van der Waals surface area contributed by atoms with E-state index < -0.39 is 9.88 Å². The van der Waals surface area contributed by atoms with Gasteiger partial charge in [-0.05, 0) is 0 Å². The summed E-state index contributed by atoms with van der Waals surface area (Å²) in [5.74, 6) is 0. The van der Waals surface area contributed by atoms with Crippen molar-refractivity contribution in [3.8, 4) is 0 Å². The van der Waals surface area contributed by atoms with Gasteiger partial charge in [-0.25, -0.2) is 0 Å². The molecular weight excluding hydrogens is 565 g/mol. The van der Waals surface area contributed by atoms with Crippen molar-refractivity contribution >= 4 is 52.3 Å². The van der Waals surface area contributed by atoms with E-state index in [1.807, 2.05) is 0 Å². The van der Waals surface area contributed by atoms with Crippen molar-refractivity contribution in [2.24, 2.45) is 0 Å². The number of rotatable bonds is 2. The van der Waals surface area contributed by atoms with Crippen LogP contribution in [0.1, 0.15) is 83.1 Å². The molecule has 0 atom stereocenters. The van der Waals surface area contributed by atoms with Crippen molar-refractivity contribution in [3.63, 3.8) is 0 Å². The fourth-order valence-electron chi connectivity index (χ4n) is 3.15. The van der Waals surface area contributed by atoms with Gasteiger partial charge in [-0.15, -0.1) is 0 Å². The zero-order chi connectivity index (χ0) is 19.6. The van der Waals surface area contributed by atoms with E-state index in [2.05, 4.69) is 145 Å². The predicted molar refractivity (Wildman–Crippen MR) is 114 cm³/mol. The SMILES string of the molecule is CC(C)(C)NP1(=[Te])N(C(C)(C)C)P(=[Te])(NC(C)(C)C)N1C(C)(C)C. The standard InChI is InChI=1S/C16H38N4P2Te2/c1-13(2,3)17-21(23)19(15(7,8)9)22(24,18-14(4,5)6)20(21)16(10,11)12/h1-12H3,(H,17,23)(H,18,24). The summed E-state index contributed by atoms with van der Waals surface area (Å²) in [5.41, 5.74) is 0.418. The summed E-state index contributed by atoms with van der Waals surface area (Å²) in [5, 5.41) is 8.09. The van der Waals surface area contributed by atoms with E-state index in [0.717, 1.165) is 0 Å². The molecule has 2 N–H and O–H groups in total. The number of hydrogen-bond donors (Lipinski definition) is 2. The van der Waals surface area contributed by atoms with Gasteiger partial charge in [0.05, 0.1) is 0 Å². The van der Waals surface area contributed by atoms with Crippen LogP contribution in [0, 0.1) is 0 Å². The maximum absolute atomic E-state index is 4.04. The molecule has 0 aromatic rings. The zero-order valence-corrected chi connectivity index (χ0v) is 24.1. The molecule has 1 saturated heterocycles. The van der Waals surface area contributed by atoms with Crippen LogP contribution in [0.5, 0.6) is 0 Å². The van der Waals surface area contributed by atoms with Crippen molar-refractivity contribution in [2.45, 2.75) is 105 Å². The molecule has 0 aromatic heterocycles. The fraction of sp³-hybridized carbons (Fsp3) is 1.00. The Kier molecular flexibility index (Phi) is 7.05. The van der Waals surface area contributed by atoms with Gasteiger partial charge in [0.2, 0.25) is 0 Å². The monoisotopic (exact) mass is 608 g/mol. The molecule has 0 spiro atoms. The molecule has 8 heteroatoms. The van der Waals surface area contributed by atoms with E-state index in [1.54, 1.807) is 0 Å². The van der Waals surface area contributed by atoms with E-state index in [9.17, 15) is 0 Å². The van der Waals surface area contributed by atoms with Crippen LogP contribution in [-0.4, -0.2) is 73.5 Å². The molecule has 1 rings (SSSR count). The predicted octanol–water partition coefficient (Wildman–Crippen LogP) is 4.67. The van der Waals surface area contributed by atoms with Crippen molar-refractivity contribution in [2.75, 3.05) is 0 Å². The number of nitrogens with one attached hydrogen (secondary N) is 2. The fourth-order valence-corrected chi connectivity index (χ4v) is 44.4. The first-order chi connectivity index (χ1) is 10.1. The first kappa shape index (κ1) is 24.3. The Balaban J connectivity index is 3.58. The third-order valence-corrected chi connectivity index (χ3v) is 24.3. The van der Waals surface area contributed by atoms with E-state index in [0.29, 0.717) is 0 Å². The first-order valence-electron chi connectivity index (χ1n) is 8.56. The third-order valence-electron chi connectivity index (χ3n) is 3.19. The van der Waals surface area contributed by atoms with Gasteiger partial charge in [0.25, 0.3) is 0 Å². The molecule has 0 saturated carbocycles. The minimum absolute atomic E-state index is 0.0894. The summed E-state index contributed by atoms with van der Waals surface area (Å²) in [6, 6.07) is 0. The quantitative estimate of drug-likeness (QED) is 0.355. The van der Waals surface area contributed by atoms with Crippen LogP contribution in [-0.2, 0) is 0 Å². The second-order valence-corrected chi connectivity index (χ2v) is 24.3. The molecular formula is C16H38N4P2Te2. The normalized spacial score (nSPS) is 31.2. The van der Waals surface area contributed by atoms with Gasteiger partial charge in [0.15, 0.2) is 0 Å². The summed E-state index contributed by atoms with van der Waals surface area (Å²) < 4.78 is 5.65. The Morgan fingerprint density at radius 3 is 0.875 bits per heavy atom. The molecule has 0 bridgehead atoms. The van der Waals surface area contributed by atoms with E-state index in [4.69, 9.17) is 0 Å². The van der Waals surface area contributed by atoms with Gasteiger partial charge in [-0.1, -0.05) is 0 Å². The van der Waals surface area contributed by atoms with Crippen LogP contribution >= 0.6 is 9.88 Å². The van der Waals surface area contributed by atoms with Crippen molar-refractivity contribution in [3.05, 3.63) is 0 Å². The molecule has 1 aliphatic rings. The molecule has 1 fully saturated rings. The van der Waals surface area contributed by atoms with Crippen molar-refractivity contribution in [1.82, 2.24) is 19.1 Å². The van der Waals surface area contributed by atoms with Crippen LogP contribution in [0.4, 0.5) is 0 Å². The first-order valence-corrected chi connectivity index (χ1v) is 18.0.